The molecule has 11 heteroatoms. The van der Waals surface area contributed by atoms with E-state index in [1.807, 2.05) is 0 Å². The average molecular weight is 576 g/mol. The van der Waals surface area contributed by atoms with Crippen LogP contribution in [0.4, 0.5) is 19.0 Å². The van der Waals surface area contributed by atoms with E-state index in [1.54, 1.807) is 0 Å². The molecule has 5 heterocycles. The summed E-state index contributed by atoms with van der Waals surface area (Å²) in [5.74, 6) is 1.05. The Kier molecular flexibility index (Phi) is 6.55. The van der Waals surface area contributed by atoms with E-state index >= 15 is 4.39 Å². The van der Waals surface area contributed by atoms with Gasteiger partial charge in [0, 0.05) is 36.7 Å². The predicted octanol–water partition coefficient (Wildman–Crippen LogP) is 4.97. The Morgan fingerprint density at radius 2 is 2.14 bits per heavy atom. The summed E-state index contributed by atoms with van der Waals surface area (Å²) in [6, 6.07) is 5.28. The molecule has 3 atom stereocenters. The monoisotopic (exact) mass is 575 g/mol. The number of ether oxygens (including phenoxy) is 2. The molecular weight excluding hydrogens is 547 g/mol. The zero-order valence-electron chi connectivity index (χ0n) is 22.7. The van der Waals surface area contributed by atoms with Crippen LogP contribution < -0.4 is 10.1 Å². The van der Waals surface area contributed by atoms with E-state index in [-0.39, 0.29) is 52.1 Å². The lowest BCUT2D eigenvalue weighted by molar-refractivity contribution is 0.107. The van der Waals surface area contributed by atoms with Gasteiger partial charge in [-0.1, -0.05) is 12.0 Å². The van der Waals surface area contributed by atoms with Crippen molar-refractivity contribution in [1.82, 2.24) is 19.9 Å². The molecule has 1 unspecified atom stereocenters. The van der Waals surface area contributed by atoms with Crippen molar-refractivity contribution >= 4 is 27.5 Å². The number of terminal acetylenes is 1. The van der Waals surface area contributed by atoms with Gasteiger partial charge in [0.15, 0.2) is 5.82 Å². The second-order valence-corrected chi connectivity index (χ2v) is 11.3. The molecule has 7 rings (SSSR count). The van der Waals surface area contributed by atoms with Crippen LogP contribution in [0.1, 0.15) is 31.2 Å². The van der Waals surface area contributed by atoms with E-state index in [2.05, 4.69) is 31.1 Å². The molecule has 2 N–H and O–H groups in total. The van der Waals surface area contributed by atoms with Crippen LogP contribution in [0.15, 0.2) is 30.5 Å². The Morgan fingerprint density at radius 3 is 2.95 bits per heavy atom. The Morgan fingerprint density at radius 1 is 1.26 bits per heavy atom. The molecule has 42 heavy (non-hydrogen) atoms. The Bertz CT molecular complexity index is 1760. The number of rotatable bonds is 6. The van der Waals surface area contributed by atoms with E-state index in [4.69, 9.17) is 15.9 Å². The molecule has 3 aliphatic rings. The van der Waals surface area contributed by atoms with Gasteiger partial charge >= 0.3 is 6.01 Å². The van der Waals surface area contributed by atoms with Gasteiger partial charge in [-0.2, -0.15) is 9.97 Å². The third-order valence-corrected chi connectivity index (χ3v) is 8.62. The first-order valence-corrected chi connectivity index (χ1v) is 14.0. The zero-order valence-corrected chi connectivity index (χ0v) is 22.7. The molecule has 0 spiro atoms. The lowest BCUT2D eigenvalue weighted by Gasteiger charge is -2.30. The fraction of sp³-hybridized carbons (Fsp3) is 0.387. The first-order valence-electron chi connectivity index (χ1n) is 14.0. The van der Waals surface area contributed by atoms with Crippen molar-refractivity contribution in [3.63, 3.8) is 0 Å². The maximum Gasteiger partial charge on any atom is 0.319 e. The first-order chi connectivity index (χ1) is 20.3. The Balaban J connectivity index is 1.36. The number of pyridine rings is 1. The van der Waals surface area contributed by atoms with Crippen molar-refractivity contribution in [3.05, 3.63) is 47.7 Å². The minimum absolute atomic E-state index is 0.0547. The number of anilines is 1. The maximum atomic E-state index is 16.5. The standard InChI is InChI=1S/C31H28F3N5O3/c1-2-21-24(33)5-4-17-10-20(40)11-22(25(17)21)27-26(34)28-23(13-35-27)29(36-19-6-9-41-15-19)38-30(37-28)42-16-31-7-3-8-39(31)14-18(32)12-31/h1,4-5,10-11,13,18-19,40H,3,6-9,12,14-16H2,(H,36,37,38)/t18-,19-,31?/m1/s1. The summed E-state index contributed by atoms with van der Waals surface area (Å²) >= 11 is 0. The number of phenols is 1. The SMILES string of the molecule is C#Cc1c(F)ccc2cc(O)cc(-c3ncc4c(N[C@@H]5CCOC5)nc(OCC56CCCN5C[C@H](F)C6)nc4c3F)c12. The zero-order chi connectivity index (χ0) is 29.0. The number of nitrogens with one attached hydrogen (secondary N) is 1. The number of halogens is 3. The van der Waals surface area contributed by atoms with E-state index in [9.17, 15) is 13.9 Å². The van der Waals surface area contributed by atoms with Crippen molar-refractivity contribution in [1.29, 1.82) is 0 Å². The number of alkyl halides is 1. The molecule has 8 nitrogen and oxygen atoms in total. The molecule has 0 bridgehead atoms. The Hall–Kier alpha value is -4.14. The van der Waals surface area contributed by atoms with Gasteiger partial charge in [0.2, 0.25) is 0 Å². The van der Waals surface area contributed by atoms with Crippen LogP contribution >= 0.6 is 0 Å². The number of benzene rings is 2. The van der Waals surface area contributed by atoms with Crippen LogP contribution in [0, 0.1) is 24.0 Å². The number of aromatic hydroxyl groups is 1. The molecule has 3 aliphatic heterocycles. The molecule has 0 aliphatic carbocycles. The Labute approximate surface area is 239 Å². The minimum atomic E-state index is -0.924. The van der Waals surface area contributed by atoms with Gasteiger partial charge in [0.05, 0.1) is 29.1 Å². The van der Waals surface area contributed by atoms with E-state index in [0.717, 1.165) is 25.8 Å². The number of nitrogens with zero attached hydrogens (tertiary/aromatic N) is 4. The van der Waals surface area contributed by atoms with Gasteiger partial charge in [-0.25, -0.2) is 13.2 Å². The molecule has 0 radical (unpaired) electrons. The van der Waals surface area contributed by atoms with Gasteiger partial charge < -0.3 is 19.9 Å². The summed E-state index contributed by atoms with van der Waals surface area (Å²) in [4.78, 5) is 15.5. The molecule has 2 aromatic heterocycles. The fourth-order valence-corrected chi connectivity index (χ4v) is 6.64. The normalized spacial score (nSPS) is 23.9. The second kappa shape index (κ2) is 10.3. The molecule has 3 saturated heterocycles. The number of fused-ring (bicyclic) bond motifs is 3. The number of aromatic nitrogens is 3. The van der Waals surface area contributed by atoms with Crippen molar-refractivity contribution in [2.75, 3.05) is 38.2 Å². The smallest absolute Gasteiger partial charge is 0.319 e. The van der Waals surface area contributed by atoms with Gasteiger partial charge in [0.1, 0.15) is 41.4 Å². The molecule has 3 fully saturated rings. The van der Waals surface area contributed by atoms with Crippen LogP contribution in [0.25, 0.3) is 32.9 Å². The highest BCUT2D eigenvalue weighted by atomic mass is 19.1. The van der Waals surface area contributed by atoms with Crippen LogP contribution in [0.2, 0.25) is 0 Å². The van der Waals surface area contributed by atoms with Crippen molar-refractivity contribution < 1.29 is 27.8 Å². The molecule has 2 aromatic carbocycles. The van der Waals surface area contributed by atoms with Gasteiger partial charge in [-0.15, -0.1) is 6.42 Å². The van der Waals surface area contributed by atoms with Crippen molar-refractivity contribution in [3.8, 4) is 35.4 Å². The molecular formula is C31H28F3N5O3. The largest absolute Gasteiger partial charge is 0.508 e. The van der Waals surface area contributed by atoms with Crippen LogP contribution in [0.3, 0.4) is 0 Å². The predicted molar refractivity (Wildman–Crippen MR) is 151 cm³/mol. The maximum absolute atomic E-state index is 16.5. The summed E-state index contributed by atoms with van der Waals surface area (Å²) < 4.78 is 57.1. The molecule has 0 amide bonds. The second-order valence-electron chi connectivity index (χ2n) is 11.3. The fourth-order valence-electron chi connectivity index (χ4n) is 6.64. The summed E-state index contributed by atoms with van der Waals surface area (Å²) in [7, 11) is 0. The molecule has 216 valence electrons. The summed E-state index contributed by atoms with van der Waals surface area (Å²) in [6.45, 7) is 2.40. The third kappa shape index (κ3) is 4.46. The molecule has 0 saturated carbocycles. The van der Waals surface area contributed by atoms with Crippen LogP contribution in [0.5, 0.6) is 11.8 Å². The van der Waals surface area contributed by atoms with Crippen LogP contribution in [-0.4, -0.2) is 75.6 Å². The number of hydrogen-bond acceptors (Lipinski definition) is 8. The lowest BCUT2D eigenvalue weighted by Crippen LogP contribution is -2.43. The van der Waals surface area contributed by atoms with Gasteiger partial charge in [0.25, 0.3) is 0 Å². The van der Waals surface area contributed by atoms with Crippen molar-refractivity contribution in [2.45, 2.75) is 43.4 Å². The van der Waals surface area contributed by atoms with E-state index in [0.29, 0.717) is 42.8 Å². The first kappa shape index (κ1) is 26.7. The van der Waals surface area contributed by atoms with Crippen LogP contribution in [-0.2, 0) is 4.74 Å². The van der Waals surface area contributed by atoms with E-state index < -0.39 is 23.3 Å². The highest BCUT2D eigenvalue weighted by Crippen LogP contribution is 2.41. The summed E-state index contributed by atoms with van der Waals surface area (Å²) in [5.41, 5.74) is -0.624. The summed E-state index contributed by atoms with van der Waals surface area (Å²) in [6.07, 6.45) is 8.99. The molecule has 4 aromatic rings. The van der Waals surface area contributed by atoms with Gasteiger partial charge in [-0.3, -0.25) is 9.88 Å². The third-order valence-electron chi connectivity index (χ3n) is 8.62. The highest BCUT2D eigenvalue weighted by Gasteiger charge is 2.49. The minimum Gasteiger partial charge on any atom is -0.508 e. The topological polar surface area (TPSA) is 92.6 Å². The average Bonchev–Trinajstić information content (AvgIpc) is 3.69. The highest BCUT2D eigenvalue weighted by molar-refractivity contribution is 6.02. The lowest BCUT2D eigenvalue weighted by atomic mass is 9.95. The number of hydrogen-bond donors (Lipinski definition) is 2. The summed E-state index contributed by atoms with van der Waals surface area (Å²) in [5, 5.41) is 14.7. The van der Waals surface area contributed by atoms with Crippen molar-refractivity contribution in [2.24, 2.45) is 0 Å². The van der Waals surface area contributed by atoms with Gasteiger partial charge in [-0.05, 0) is 49.4 Å². The number of phenolic OH excluding ortho intramolecular Hbond substituents is 1. The quantitative estimate of drug-likeness (QED) is 0.312. The van der Waals surface area contributed by atoms with E-state index in [1.165, 1.54) is 30.5 Å².